The van der Waals surface area contributed by atoms with Crippen LogP contribution in [0.25, 0.3) is 0 Å². The number of hydrogen-bond acceptors (Lipinski definition) is 7. The molecule has 0 aromatic heterocycles. The SMILES string of the molecule is CC.CC.COCC(C)CC(C)CN1CCC(OC2CC(NC(=O)CN3CCN(CCO)CC3)C2)CC1. The Morgan fingerprint density at radius 3 is 2.05 bits per heavy atom. The highest BCUT2D eigenvalue weighted by atomic mass is 16.5. The summed E-state index contributed by atoms with van der Waals surface area (Å²) < 4.78 is 11.6. The number of hydrogen-bond donors (Lipinski definition) is 2. The Hall–Kier alpha value is -0.770. The Balaban J connectivity index is 0.00000163. The highest BCUT2D eigenvalue weighted by molar-refractivity contribution is 5.78. The number of carbonyl (C=O) groups is 1. The Morgan fingerprint density at radius 2 is 1.49 bits per heavy atom. The molecule has 3 aliphatic rings. The number of amides is 1. The zero-order chi connectivity index (χ0) is 27.6. The first-order valence-corrected chi connectivity index (χ1v) is 15.2. The number of nitrogens with one attached hydrogen (secondary N) is 1. The van der Waals surface area contributed by atoms with E-state index in [-0.39, 0.29) is 18.6 Å². The summed E-state index contributed by atoms with van der Waals surface area (Å²) in [5.41, 5.74) is 0. The Labute approximate surface area is 228 Å². The van der Waals surface area contributed by atoms with Crippen molar-refractivity contribution in [3.05, 3.63) is 0 Å². The molecule has 8 nitrogen and oxygen atoms in total. The van der Waals surface area contributed by atoms with Gasteiger partial charge in [0.1, 0.15) is 0 Å². The van der Waals surface area contributed by atoms with E-state index >= 15 is 0 Å². The van der Waals surface area contributed by atoms with Gasteiger partial charge >= 0.3 is 0 Å². The average Bonchev–Trinajstić information content (AvgIpc) is 2.87. The molecule has 37 heavy (non-hydrogen) atoms. The number of piperidine rings is 1. The van der Waals surface area contributed by atoms with Gasteiger partial charge in [-0.3, -0.25) is 14.6 Å². The van der Waals surface area contributed by atoms with E-state index in [0.717, 1.165) is 78.1 Å². The van der Waals surface area contributed by atoms with Crippen molar-refractivity contribution in [3.8, 4) is 0 Å². The van der Waals surface area contributed by atoms with Crippen molar-refractivity contribution in [2.24, 2.45) is 11.8 Å². The lowest BCUT2D eigenvalue weighted by Crippen LogP contribution is -2.54. The maximum atomic E-state index is 12.4. The third-order valence-corrected chi connectivity index (χ3v) is 7.45. The van der Waals surface area contributed by atoms with Crippen molar-refractivity contribution in [3.63, 3.8) is 0 Å². The van der Waals surface area contributed by atoms with E-state index in [2.05, 4.69) is 33.9 Å². The predicted molar refractivity (Wildman–Crippen MR) is 153 cm³/mol. The molecular formula is C29H60N4O4. The number of aliphatic hydroxyl groups excluding tert-OH is 1. The van der Waals surface area contributed by atoms with E-state index in [0.29, 0.717) is 30.6 Å². The molecule has 0 aromatic carbocycles. The van der Waals surface area contributed by atoms with Crippen LogP contribution >= 0.6 is 0 Å². The molecule has 3 fully saturated rings. The molecule has 220 valence electrons. The second-order valence-corrected chi connectivity index (χ2v) is 10.7. The second-order valence-electron chi connectivity index (χ2n) is 10.7. The molecule has 0 spiro atoms. The summed E-state index contributed by atoms with van der Waals surface area (Å²) in [6.45, 7) is 22.0. The van der Waals surface area contributed by atoms with Crippen LogP contribution in [0.2, 0.25) is 0 Å². The fourth-order valence-corrected chi connectivity index (χ4v) is 5.64. The summed E-state index contributed by atoms with van der Waals surface area (Å²) in [7, 11) is 1.79. The zero-order valence-electron chi connectivity index (χ0n) is 25.2. The normalized spacial score (nSPS) is 25.1. The number of aliphatic hydroxyl groups is 1. The monoisotopic (exact) mass is 528 g/mol. The van der Waals surface area contributed by atoms with Crippen LogP contribution in [-0.2, 0) is 14.3 Å². The Bertz CT molecular complexity index is 560. The molecule has 2 saturated heterocycles. The topological polar surface area (TPSA) is 77.5 Å². The van der Waals surface area contributed by atoms with E-state index in [1.54, 1.807) is 7.11 Å². The molecule has 2 atom stereocenters. The van der Waals surface area contributed by atoms with Gasteiger partial charge in [-0.2, -0.15) is 0 Å². The molecule has 0 radical (unpaired) electrons. The smallest absolute Gasteiger partial charge is 0.234 e. The van der Waals surface area contributed by atoms with Crippen molar-refractivity contribution in [1.29, 1.82) is 0 Å². The van der Waals surface area contributed by atoms with Crippen molar-refractivity contribution in [1.82, 2.24) is 20.0 Å². The van der Waals surface area contributed by atoms with E-state index in [1.165, 1.54) is 13.0 Å². The molecular weight excluding hydrogens is 468 g/mol. The van der Waals surface area contributed by atoms with E-state index < -0.39 is 0 Å². The lowest BCUT2D eigenvalue weighted by atomic mass is 9.88. The van der Waals surface area contributed by atoms with Crippen LogP contribution in [0, 0.1) is 11.8 Å². The number of carbonyl (C=O) groups excluding carboxylic acids is 1. The number of methoxy groups -OCH3 is 1. The maximum Gasteiger partial charge on any atom is 0.234 e. The molecule has 2 aliphatic heterocycles. The lowest BCUT2D eigenvalue weighted by Gasteiger charge is -2.41. The van der Waals surface area contributed by atoms with Crippen LogP contribution in [0.1, 0.15) is 73.6 Å². The number of rotatable bonds is 13. The van der Waals surface area contributed by atoms with Crippen molar-refractivity contribution in [2.45, 2.75) is 91.9 Å². The van der Waals surface area contributed by atoms with Gasteiger partial charge in [0.15, 0.2) is 0 Å². The first kappa shape index (κ1) is 34.3. The van der Waals surface area contributed by atoms with Crippen LogP contribution in [0.3, 0.4) is 0 Å². The molecule has 1 saturated carbocycles. The summed E-state index contributed by atoms with van der Waals surface area (Å²) in [5, 5.41) is 12.2. The molecule has 2 N–H and O–H groups in total. The van der Waals surface area contributed by atoms with Gasteiger partial charge in [-0.05, 0) is 43.9 Å². The minimum Gasteiger partial charge on any atom is -0.395 e. The van der Waals surface area contributed by atoms with Crippen LogP contribution in [-0.4, -0.2) is 123 Å². The van der Waals surface area contributed by atoms with Gasteiger partial charge in [0.2, 0.25) is 5.91 Å². The minimum atomic E-state index is 0.135. The minimum absolute atomic E-state index is 0.135. The number of β-amino-alcohol motifs (C(OH)–C–C–N with tert-alkyl or cyclic N) is 1. The third kappa shape index (κ3) is 13.7. The van der Waals surface area contributed by atoms with Gasteiger partial charge in [-0.1, -0.05) is 41.5 Å². The van der Waals surface area contributed by atoms with Gasteiger partial charge in [-0.15, -0.1) is 0 Å². The van der Waals surface area contributed by atoms with Crippen molar-refractivity contribution in [2.75, 3.05) is 79.2 Å². The van der Waals surface area contributed by atoms with Crippen molar-refractivity contribution < 1.29 is 19.4 Å². The maximum absolute atomic E-state index is 12.4. The third-order valence-electron chi connectivity index (χ3n) is 7.45. The van der Waals surface area contributed by atoms with Gasteiger partial charge in [0, 0.05) is 72.1 Å². The molecule has 3 rings (SSSR count). The molecule has 1 aliphatic carbocycles. The summed E-state index contributed by atoms with van der Waals surface area (Å²) >= 11 is 0. The summed E-state index contributed by atoms with van der Waals surface area (Å²) in [6.07, 6.45) is 6.05. The van der Waals surface area contributed by atoms with Crippen LogP contribution < -0.4 is 5.32 Å². The standard InChI is InChI=1S/C25H48N4O4.2C2H6/c1-20(14-21(2)19-32-3)17-28-6-4-23(5-7-28)33-24-15-22(16-24)26-25(31)18-29-10-8-27(9-11-29)12-13-30;2*1-2/h20-24,30H,4-19H2,1-3H3,(H,26,31);2*1-2H3. The predicted octanol–water partition coefficient (Wildman–Crippen LogP) is 3.09. The number of piperazine rings is 1. The second kappa shape index (κ2) is 20.2. The molecule has 8 heteroatoms. The number of nitrogens with zero attached hydrogens (tertiary/aromatic N) is 3. The molecule has 0 aromatic rings. The fraction of sp³-hybridized carbons (Fsp3) is 0.966. The van der Waals surface area contributed by atoms with Crippen LogP contribution in [0.15, 0.2) is 0 Å². The van der Waals surface area contributed by atoms with Gasteiger partial charge in [-0.25, -0.2) is 0 Å². The Kier molecular flexibility index (Phi) is 18.7. The molecule has 2 unspecified atom stereocenters. The number of likely N-dealkylation sites (tertiary alicyclic amines) is 1. The largest absolute Gasteiger partial charge is 0.395 e. The highest BCUT2D eigenvalue weighted by Gasteiger charge is 2.34. The van der Waals surface area contributed by atoms with E-state index in [1.807, 2.05) is 27.7 Å². The molecule has 1 amide bonds. The van der Waals surface area contributed by atoms with Crippen molar-refractivity contribution >= 4 is 5.91 Å². The summed E-state index contributed by atoms with van der Waals surface area (Å²) in [5.74, 6) is 1.46. The first-order valence-electron chi connectivity index (χ1n) is 15.2. The van der Waals surface area contributed by atoms with Crippen LogP contribution in [0.4, 0.5) is 0 Å². The zero-order valence-corrected chi connectivity index (χ0v) is 25.2. The van der Waals surface area contributed by atoms with Gasteiger partial charge in [0.25, 0.3) is 0 Å². The van der Waals surface area contributed by atoms with Gasteiger partial charge in [0.05, 0.1) is 25.4 Å². The summed E-state index contributed by atoms with van der Waals surface area (Å²) in [6, 6.07) is 0.271. The fourth-order valence-electron chi connectivity index (χ4n) is 5.64. The molecule has 0 bridgehead atoms. The quantitative estimate of drug-likeness (QED) is 0.380. The van der Waals surface area contributed by atoms with E-state index in [4.69, 9.17) is 14.6 Å². The number of ether oxygens (including phenoxy) is 2. The van der Waals surface area contributed by atoms with Crippen LogP contribution in [0.5, 0.6) is 0 Å². The Morgan fingerprint density at radius 1 is 0.892 bits per heavy atom. The average molecular weight is 529 g/mol. The summed E-state index contributed by atoms with van der Waals surface area (Å²) in [4.78, 5) is 19.4. The highest BCUT2D eigenvalue weighted by Crippen LogP contribution is 2.28. The molecule has 2 heterocycles. The van der Waals surface area contributed by atoms with Gasteiger partial charge < -0.3 is 24.8 Å². The van der Waals surface area contributed by atoms with E-state index in [9.17, 15) is 4.79 Å². The first-order chi connectivity index (χ1) is 17.9. The lowest BCUT2D eigenvalue weighted by molar-refractivity contribution is -0.127.